The molecule has 0 amide bonds. The molecule has 1 aliphatic carbocycles. The molecule has 112 valence electrons. The third-order valence-electron chi connectivity index (χ3n) is 4.25. The fourth-order valence-electron chi connectivity index (χ4n) is 2.78. The van der Waals surface area contributed by atoms with Crippen molar-refractivity contribution in [1.29, 1.82) is 0 Å². The van der Waals surface area contributed by atoms with Crippen LogP contribution in [0.2, 0.25) is 0 Å². The quantitative estimate of drug-likeness (QED) is 0.919. The molecule has 0 bridgehead atoms. The lowest BCUT2D eigenvalue weighted by Crippen LogP contribution is -2.33. The minimum absolute atomic E-state index is 0.753. The van der Waals surface area contributed by atoms with Gasteiger partial charge in [-0.2, -0.15) is 0 Å². The fourth-order valence-corrected chi connectivity index (χ4v) is 3.91. The molecule has 2 aliphatic rings. The minimum Gasteiger partial charge on any atom is -0.339 e. The first-order valence-electron chi connectivity index (χ1n) is 7.80. The van der Waals surface area contributed by atoms with E-state index in [2.05, 4.69) is 32.9 Å². The molecule has 6 heteroatoms. The van der Waals surface area contributed by atoms with Gasteiger partial charge >= 0.3 is 0 Å². The van der Waals surface area contributed by atoms with Crippen LogP contribution in [0.15, 0.2) is 12.4 Å². The lowest BCUT2D eigenvalue weighted by molar-refractivity contribution is 0.559. The second-order valence-electron chi connectivity index (χ2n) is 5.83. The molecule has 21 heavy (non-hydrogen) atoms. The van der Waals surface area contributed by atoms with E-state index in [0.717, 1.165) is 49.6 Å². The van der Waals surface area contributed by atoms with Gasteiger partial charge in [-0.05, 0) is 19.3 Å². The smallest absolute Gasteiger partial charge is 0.186 e. The lowest BCUT2D eigenvalue weighted by atomic mass is 10.3. The highest BCUT2D eigenvalue weighted by Gasteiger charge is 2.23. The van der Waals surface area contributed by atoms with E-state index in [9.17, 15) is 0 Å². The number of hydrogen-bond donors (Lipinski definition) is 1. The van der Waals surface area contributed by atoms with Crippen LogP contribution in [0.4, 0.5) is 5.13 Å². The van der Waals surface area contributed by atoms with Gasteiger partial charge in [-0.3, -0.25) is 0 Å². The first-order chi connectivity index (χ1) is 10.3. The molecule has 0 unspecified atom stereocenters. The van der Waals surface area contributed by atoms with Crippen molar-refractivity contribution in [1.82, 2.24) is 19.9 Å². The molecule has 2 aromatic heterocycles. The van der Waals surface area contributed by atoms with Gasteiger partial charge in [0.1, 0.15) is 5.82 Å². The van der Waals surface area contributed by atoms with Crippen molar-refractivity contribution < 1.29 is 0 Å². The van der Waals surface area contributed by atoms with Gasteiger partial charge in [0, 0.05) is 42.9 Å². The summed E-state index contributed by atoms with van der Waals surface area (Å²) in [7, 11) is 0. The van der Waals surface area contributed by atoms with E-state index >= 15 is 0 Å². The molecule has 5 nitrogen and oxygen atoms in total. The second kappa shape index (κ2) is 5.42. The molecule has 2 aromatic rings. The maximum atomic E-state index is 4.88. The maximum Gasteiger partial charge on any atom is 0.186 e. The predicted molar refractivity (Wildman–Crippen MR) is 84.6 cm³/mol. The van der Waals surface area contributed by atoms with Crippen LogP contribution in [0.5, 0.6) is 0 Å². The zero-order valence-corrected chi connectivity index (χ0v) is 13.2. The average molecular weight is 303 g/mol. The Balaban J connectivity index is 1.52. The molecule has 0 saturated heterocycles. The molecule has 1 fully saturated rings. The summed E-state index contributed by atoms with van der Waals surface area (Å²) in [5.41, 5.74) is 1.26. The van der Waals surface area contributed by atoms with Crippen LogP contribution in [-0.2, 0) is 26.1 Å². The summed E-state index contributed by atoms with van der Waals surface area (Å²) in [5.74, 6) is 1.15. The Labute approximate surface area is 129 Å². The lowest BCUT2D eigenvalue weighted by Gasteiger charge is -2.27. The van der Waals surface area contributed by atoms with Crippen molar-refractivity contribution in [2.75, 3.05) is 11.4 Å². The largest absolute Gasteiger partial charge is 0.339 e. The summed E-state index contributed by atoms with van der Waals surface area (Å²) < 4.78 is 2.24. The summed E-state index contributed by atoms with van der Waals surface area (Å²) in [6, 6.07) is 0.753. The molecule has 0 radical (unpaired) electrons. The summed E-state index contributed by atoms with van der Waals surface area (Å²) in [5, 5.41) is 4.77. The number of nitrogens with zero attached hydrogens (tertiary/aromatic N) is 4. The minimum atomic E-state index is 0.753. The number of hydrogen-bond acceptors (Lipinski definition) is 5. The van der Waals surface area contributed by atoms with Gasteiger partial charge in [-0.1, -0.05) is 6.92 Å². The predicted octanol–water partition coefficient (Wildman–Crippen LogP) is 2.17. The molecular weight excluding hydrogens is 282 g/mol. The summed E-state index contributed by atoms with van der Waals surface area (Å²) in [6.07, 6.45) is 7.64. The summed E-state index contributed by atoms with van der Waals surface area (Å²) in [4.78, 5) is 13.1. The molecule has 4 rings (SSSR count). The van der Waals surface area contributed by atoms with E-state index in [1.807, 2.05) is 17.5 Å². The standard InChI is InChI=1S/C15H21N5S/c1-2-12-13(9-17-11-3-4-11)21-15(18-12)20-8-7-19-6-5-16-14(19)10-20/h5-6,11,17H,2-4,7-10H2,1H3. The first-order valence-corrected chi connectivity index (χ1v) is 8.62. The zero-order valence-electron chi connectivity index (χ0n) is 12.4. The molecule has 3 heterocycles. The molecular formula is C15H21N5S. The molecule has 0 spiro atoms. The number of imidazole rings is 1. The van der Waals surface area contributed by atoms with Gasteiger partial charge in [0.15, 0.2) is 5.13 Å². The maximum absolute atomic E-state index is 4.88. The fraction of sp³-hybridized carbons (Fsp3) is 0.600. The number of aryl methyl sites for hydroxylation is 1. The van der Waals surface area contributed by atoms with E-state index in [1.54, 1.807) is 0 Å². The molecule has 0 aromatic carbocycles. The van der Waals surface area contributed by atoms with Crippen LogP contribution in [0.25, 0.3) is 0 Å². The normalized spacial score (nSPS) is 18.0. The van der Waals surface area contributed by atoms with Crippen LogP contribution in [0.1, 0.15) is 36.2 Å². The number of fused-ring (bicyclic) bond motifs is 1. The van der Waals surface area contributed by atoms with Crippen LogP contribution in [0, 0.1) is 0 Å². The monoisotopic (exact) mass is 303 g/mol. The van der Waals surface area contributed by atoms with Crippen LogP contribution in [0.3, 0.4) is 0 Å². The SMILES string of the molecule is CCc1nc(N2CCn3ccnc3C2)sc1CNC1CC1. The van der Waals surface area contributed by atoms with Crippen LogP contribution < -0.4 is 10.2 Å². The van der Waals surface area contributed by atoms with Gasteiger partial charge in [-0.25, -0.2) is 9.97 Å². The second-order valence-corrected chi connectivity index (χ2v) is 6.90. The van der Waals surface area contributed by atoms with Gasteiger partial charge in [0.2, 0.25) is 0 Å². The Morgan fingerprint density at radius 1 is 1.38 bits per heavy atom. The third kappa shape index (κ3) is 2.70. The Kier molecular flexibility index (Phi) is 3.43. The number of rotatable bonds is 5. The van der Waals surface area contributed by atoms with Crippen molar-refractivity contribution in [3.63, 3.8) is 0 Å². The summed E-state index contributed by atoms with van der Waals surface area (Å²) in [6.45, 7) is 6.08. The Morgan fingerprint density at radius 2 is 2.29 bits per heavy atom. The third-order valence-corrected chi connectivity index (χ3v) is 5.40. The van der Waals surface area contributed by atoms with Crippen molar-refractivity contribution in [3.05, 3.63) is 28.8 Å². The highest BCUT2D eigenvalue weighted by atomic mass is 32.1. The molecule has 1 N–H and O–H groups in total. The average Bonchev–Trinajstić information content (AvgIpc) is 3.07. The van der Waals surface area contributed by atoms with Crippen molar-refractivity contribution in [3.8, 4) is 0 Å². The highest BCUT2D eigenvalue weighted by molar-refractivity contribution is 7.15. The zero-order chi connectivity index (χ0) is 14.2. The highest BCUT2D eigenvalue weighted by Crippen LogP contribution is 2.30. The van der Waals surface area contributed by atoms with E-state index in [4.69, 9.17) is 4.98 Å². The summed E-state index contributed by atoms with van der Waals surface area (Å²) >= 11 is 1.85. The first kappa shape index (κ1) is 13.3. The number of thiazole rings is 1. The Bertz CT molecular complexity index is 628. The topological polar surface area (TPSA) is 46.0 Å². The van der Waals surface area contributed by atoms with Crippen LogP contribution in [-0.4, -0.2) is 27.1 Å². The Morgan fingerprint density at radius 3 is 3.10 bits per heavy atom. The van der Waals surface area contributed by atoms with E-state index in [0.29, 0.717) is 0 Å². The molecule has 1 saturated carbocycles. The van der Waals surface area contributed by atoms with E-state index in [1.165, 1.54) is 23.4 Å². The number of anilines is 1. The van der Waals surface area contributed by atoms with E-state index < -0.39 is 0 Å². The van der Waals surface area contributed by atoms with Gasteiger partial charge in [0.05, 0.1) is 12.2 Å². The molecule has 0 atom stereocenters. The number of nitrogens with one attached hydrogen (secondary N) is 1. The van der Waals surface area contributed by atoms with Crippen molar-refractivity contribution in [2.24, 2.45) is 0 Å². The van der Waals surface area contributed by atoms with Crippen molar-refractivity contribution >= 4 is 16.5 Å². The molecule has 1 aliphatic heterocycles. The van der Waals surface area contributed by atoms with Crippen molar-refractivity contribution in [2.45, 2.75) is 51.9 Å². The van der Waals surface area contributed by atoms with E-state index in [-0.39, 0.29) is 0 Å². The van der Waals surface area contributed by atoms with Gasteiger partial charge in [0.25, 0.3) is 0 Å². The van der Waals surface area contributed by atoms with Crippen LogP contribution >= 0.6 is 11.3 Å². The number of aromatic nitrogens is 3. The Hall–Kier alpha value is -1.40. The van der Waals surface area contributed by atoms with Gasteiger partial charge < -0.3 is 14.8 Å². The van der Waals surface area contributed by atoms with Gasteiger partial charge in [-0.15, -0.1) is 11.3 Å².